The fraction of sp³-hybridized carbons (Fsp3) is 0.0714. The van der Waals surface area contributed by atoms with E-state index in [0.717, 1.165) is 16.9 Å². The highest BCUT2D eigenvalue weighted by Gasteiger charge is 2.08. The highest BCUT2D eigenvalue weighted by atomic mass is 32.1. The smallest absolute Gasteiger partial charge is 0.117 e. The number of hydrogen-bond acceptors (Lipinski definition) is 4. The third-order valence-corrected chi connectivity index (χ3v) is 3.70. The molecule has 0 amide bonds. The van der Waals surface area contributed by atoms with Gasteiger partial charge in [-0.1, -0.05) is 12.1 Å². The molecule has 0 saturated heterocycles. The van der Waals surface area contributed by atoms with Gasteiger partial charge in [0.15, 0.2) is 0 Å². The molecular weight excluding hydrogens is 258 g/mol. The van der Waals surface area contributed by atoms with Crippen LogP contribution in [0.15, 0.2) is 48.0 Å². The Morgan fingerprint density at radius 1 is 1.26 bits per heavy atom. The topological polar surface area (TPSA) is 60.9 Å². The number of thiophene rings is 1. The zero-order chi connectivity index (χ0) is 13.1. The van der Waals surface area contributed by atoms with Gasteiger partial charge in [0.2, 0.25) is 0 Å². The van der Waals surface area contributed by atoms with Crippen LogP contribution < -0.4 is 5.32 Å². The van der Waals surface area contributed by atoms with E-state index in [2.05, 4.69) is 21.6 Å². The van der Waals surface area contributed by atoms with Crippen molar-refractivity contribution in [3.05, 3.63) is 53.5 Å². The molecule has 3 rings (SSSR count). The van der Waals surface area contributed by atoms with E-state index < -0.39 is 0 Å². The maximum Gasteiger partial charge on any atom is 0.117 e. The zero-order valence-electron chi connectivity index (χ0n) is 10.1. The molecule has 0 saturated carbocycles. The van der Waals surface area contributed by atoms with E-state index in [-0.39, 0.29) is 5.75 Å². The first-order chi connectivity index (χ1) is 9.33. The Morgan fingerprint density at radius 3 is 3.00 bits per heavy atom. The molecular formula is C14H13N3OS. The maximum atomic E-state index is 9.42. The number of aromatic amines is 1. The quantitative estimate of drug-likeness (QED) is 0.681. The summed E-state index contributed by atoms with van der Waals surface area (Å²) in [5, 5.41) is 21.9. The number of aromatic hydroxyl groups is 1. The van der Waals surface area contributed by atoms with Crippen molar-refractivity contribution < 1.29 is 5.11 Å². The van der Waals surface area contributed by atoms with E-state index in [1.807, 2.05) is 29.8 Å². The molecule has 2 heterocycles. The number of phenols is 1. The lowest BCUT2D eigenvalue weighted by Gasteiger charge is -2.06. The molecule has 2 aromatic heterocycles. The van der Waals surface area contributed by atoms with Gasteiger partial charge in [0.05, 0.1) is 16.8 Å². The third-order valence-electron chi connectivity index (χ3n) is 2.81. The molecule has 0 aliphatic heterocycles. The number of H-pyrrole nitrogens is 1. The van der Waals surface area contributed by atoms with E-state index in [9.17, 15) is 5.11 Å². The summed E-state index contributed by atoms with van der Waals surface area (Å²) in [7, 11) is 0. The monoisotopic (exact) mass is 271 g/mol. The molecule has 1 aromatic carbocycles. The molecule has 19 heavy (non-hydrogen) atoms. The fourth-order valence-electron chi connectivity index (χ4n) is 1.89. The number of hydrogen-bond donors (Lipinski definition) is 3. The Morgan fingerprint density at radius 2 is 2.21 bits per heavy atom. The molecule has 3 aromatic rings. The first-order valence-corrected chi connectivity index (χ1v) is 6.80. The Bertz CT molecular complexity index is 661. The van der Waals surface area contributed by atoms with Crippen molar-refractivity contribution in [3.8, 4) is 16.3 Å². The second-order valence-electron chi connectivity index (χ2n) is 4.15. The average molecular weight is 271 g/mol. The minimum absolute atomic E-state index is 0.260. The van der Waals surface area contributed by atoms with E-state index in [0.29, 0.717) is 6.54 Å². The van der Waals surface area contributed by atoms with Gasteiger partial charge in [0.1, 0.15) is 5.75 Å². The van der Waals surface area contributed by atoms with Crippen LogP contribution in [-0.4, -0.2) is 15.3 Å². The fourth-order valence-corrected chi connectivity index (χ4v) is 2.65. The van der Waals surface area contributed by atoms with Crippen molar-refractivity contribution in [2.75, 3.05) is 5.32 Å². The van der Waals surface area contributed by atoms with Crippen LogP contribution in [0.2, 0.25) is 0 Å². The van der Waals surface area contributed by atoms with E-state index in [4.69, 9.17) is 0 Å². The van der Waals surface area contributed by atoms with Crippen LogP contribution in [0.4, 0.5) is 5.69 Å². The lowest BCUT2D eigenvalue weighted by atomic mass is 10.2. The number of nitrogens with one attached hydrogen (secondary N) is 2. The van der Waals surface area contributed by atoms with Crippen molar-refractivity contribution in [3.63, 3.8) is 0 Å². The summed E-state index contributed by atoms with van der Waals surface area (Å²) >= 11 is 1.68. The van der Waals surface area contributed by atoms with Gasteiger partial charge in [-0.25, -0.2) is 0 Å². The van der Waals surface area contributed by atoms with Crippen LogP contribution in [-0.2, 0) is 6.54 Å². The number of rotatable bonds is 4. The number of aromatic nitrogens is 2. The molecule has 0 unspecified atom stereocenters. The third kappa shape index (κ3) is 2.61. The summed E-state index contributed by atoms with van der Waals surface area (Å²) in [6.07, 6.45) is 1.82. The van der Waals surface area contributed by atoms with Gasteiger partial charge in [-0.2, -0.15) is 5.10 Å². The average Bonchev–Trinajstić information content (AvgIpc) is 3.07. The molecule has 0 fully saturated rings. The van der Waals surface area contributed by atoms with Gasteiger partial charge < -0.3 is 10.4 Å². The van der Waals surface area contributed by atoms with Crippen molar-refractivity contribution in [2.24, 2.45) is 0 Å². The predicted octanol–water partition coefficient (Wildman–Crippen LogP) is 3.46. The normalized spacial score (nSPS) is 10.5. The maximum absolute atomic E-state index is 9.42. The van der Waals surface area contributed by atoms with Gasteiger partial charge in [0.25, 0.3) is 0 Å². The van der Waals surface area contributed by atoms with E-state index >= 15 is 0 Å². The number of benzene rings is 1. The summed E-state index contributed by atoms with van der Waals surface area (Å²) < 4.78 is 0. The van der Waals surface area contributed by atoms with Crippen LogP contribution in [0, 0.1) is 0 Å². The van der Waals surface area contributed by atoms with Crippen molar-refractivity contribution in [1.29, 1.82) is 0 Å². The number of nitrogens with zero attached hydrogens (tertiary/aromatic N) is 1. The Balaban J connectivity index is 1.76. The minimum atomic E-state index is 0.260. The van der Waals surface area contributed by atoms with Gasteiger partial charge >= 0.3 is 0 Å². The zero-order valence-corrected chi connectivity index (χ0v) is 10.9. The van der Waals surface area contributed by atoms with Gasteiger partial charge in [-0.3, -0.25) is 5.10 Å². The standard InChI is InChI=1S/C14H13N3OS/c18-12-4-1-3-11(7-12)15-8-10-9-16-17-14(10)13-5-2-6-19-13/h1-7,9,15,18H,8H2,(H,16,17). The second kappa shape index (κ2) is 5.16. The van der Waals surface area contributed by atoms with E-state index in [1.165, 1.54) is 4.88 Å². The van der Waals surface area contributed by atoms with Gasteiger partial charge in [-0.15, -0.1) is 11.3 Å². The number of phenolic OH excluding ortho intramolecular Hbond substituents is 1. The largest absolute Gasteiger partial charge is 0.508 e. The Hall–Kier alpha value is -2.27. The Labute approximate surface area is 114 Å². The van der Waals surface area contributed by atoms with Crippen molar-refractivity contribution in [1.82, 2.24) is 10.2 Å². The molecule has 4 nitrogen and oxygen atoms in total. The van der Waals surface area contributed by atoms with E-state index in [1.54, 1.807) is 23.5 Å². The highest BCUT2D eigenvalue weighted by molar-refractivity contribution is 7.13. The lowest BCUT2D eigenvalue weighted by molar-refractivity contribution is 0.475. The van der Waals surface area contributed by atoms with Gasteiger partial charge in [0, 0.05) is 23.9 Å². The summed E-state index contributed by atoms with van der Waals surface area (Å²) in [4.78, 5) is 1.17. The molecule has 3 N–H and O–H groups in total. The Kier molecular flexibility index (Phi) is 3.20. The molecule has 0 spiro atoms. The van der Waals surface area contributed by atoms with Crippen LogP contribution in [0.25, 0.3) is 10.6 Å². The van der Waals surface area contributed by atoms with Crippen molar-refractivity contribution >= 4 is 17.0 Å². The summed E-state index contributed by atoms with van der Waals surface area (Å²) in [5.74, 6) is 0.260. The molecule has 0 aliphatic rings. The number of anilines is 1. The molecule has 0 radical (unpaired) electrons. The highest BCUT2D eigenvalue weighted by Crippen LogP contribution is 2.26. The van der Waals surface area contributed by atoms with Crippen LogP contribution >= 0.6 is 11.3 Å². The first kappa shape index (κ1) is 11.8. The van der Waals surface area contributed by atoms with Crippen LogP contribution in [0.3, 0.4) is 0 Å². The first-order valence-electron chi connectivity index (χ1n) is 5.92. The van der Waals surface area contributed by atoms with Gasteiger partial charge in [-0.05, 0) is 23.6 Å². The van der Waals surface area contributed by atoms with Crippen molar-refractivity contribution in [2.45, 2.75) is 6.54 Å². The molecule has 96 valence electrons. The summed E-state index contributed by atoms with van der Waals surface area (Å²) in [6, 6.07) is 11.2. The summed E-state index contributed by atoms with van der Waals surface area (Å²) in [6.45, 7) is 0.660. The minimum Gasteiger partial charge on any atom is -0.508 e. The summed E-state index contributed by atoms with van der Waals surface area (Å²) in [5.41, 5.74) is 3.03. The predicted molar refractivity (Wildman–Crippen MR) is 77.3 cm³/mol. The van der Waals surface area contributed by atoms with Crippen LogP contribution in [0.1, 0.15) is 5.56 Å². The molecule has 0 bridgehead atoms. The molecule has 0 atom stereocenters. The molecule has 5 heteroatoms. The molecule has 0 aliphatic carbocycles. The SMILES string of the molecule is Oc1cccc(NCc2cn[nH]c2-c2cccs2)c1. The second-order valence-corrected chi connectivity index (χ2v) is 5.10. The lowest BCUT2D eigenvalue weighted by Crippen LogP contribution is -1.99. The van der Waals surface area contributed by atoms with Crippen LogP contribution in [0.5, 0.6) is 5.75 Å².